The van der Waals surface area contributed by atoms with Crippen molar-refractivity contribution in [1.29, 1.82) is 0 Å². The molecule has 3 aromatic rings. The molecule has 0 aliphatic carbocycles. The SMILES string of the molecule is COc1cc(N2C(=O)[C@H](c3cccs3)[C@H]2c2cccc(N=[N+]=[N-])c2)cc(OC)c1OC. The molecule has 9 heteroatoms. The third-order valence-corrected chi connectivity index (χ3v) is 6.20. The number of hydrogen-bond acceptors (Lipinski definition) is 6. The average molecular weight is 436 g/mol. The smallest absolute Gasteiger partial charge is 0.238 e. The van der Waals surface area contributed by atoms with E-state index in [4.69, 9.17) is 19.7 Å². The molecule has 1 saturated heterocycles. The van der Waals surface area contributed by atoms with E-state index < -0.39 is 0 Å². The first-order chi connectivity index (χ1) is 15.1. The van der Waals surface area contributed by atoms with Crippen molar-refractivity contribution in [2.45, 2.75) is 12.0 Å². The number of hydrogen-bond donors (Lipinski definition) is 0. The molecule has 31 heavy (non-hydrogen) atoms. The number of β-lactam (4-membered cyclic amide) rings is 1. The summed E-state index contributed by atoms with van der Waals surface area (Å²) < 4.78 is 16.3. The van der Waals surface area contributed by atoms with E-state index in [1.54, 1.807) is 34.4 Å². The maximum absolute atomic E-state index is 13.3. The van der Waals surface area contributed by atoms with E-state index in [9.17, 15) is 4.79 Å². The molecule has 2 heterocycles. The van der Waals surface area contributed by atoms with Gasteiger partial charge in [-0.05, 0) is 28.6 Å². The van der Waals surface area contributed by atoms with Gasteiger partial charge in [0.05, 0.1) is 39.0 Å². The van der Waals surface area contributed by atoms with E-state index in [-0.39, 0.29) is 17.9 Å². The van der Waals surface area contributed by atoms with Gasteiger partial charge in [-0.15, -0.1) is 11.3 Å². The molecule has 0 N–H and O–H groups in total. The van der Waals surface area contributed by atoms with Gasteiger partial charge in [-0.2, -0.15) is 0 Å². The summed E-state index contributed by atoms with van der Waals surface area (Å²) in [5, 5.41) is 5.67. The number of thiophene rings is 1. The summed E-state index contributed by atoms with van der Waals surface area (Å²) in [4.78, 5) is 18.9. The van der Waals surface area contributed by atoms with E-state index >= 15 is 0 Å². The molecule has 158 valence electrons. The Morgan fingerprint density at radius 1 is 1.03 bits per heavy atom. The molecule has 0 bridgehead atoms. The normalized spacial score (nSPS) is 17.5. The van der Waals surface area contributed by atoms with Gasteiger partial charge in [-0.25, -0.2) is 0 Å². The average Bonchev–Trinajstić information content (AvgIpc) is 3.31. The standard InChI is InChI=1S/C22H20N4O4S/c1-28-16-11-15(12-17(29-2)21(16)30-3)26-20(13-6-4-7-14(10-13)24-25-23)19(22(26)27)18-8-5-9-31-18/h4-12,19-20H,1-3H3/t19-,20-/m1/s1. The topological polar surface area (TPSA) is 96.8 Å². The lowest BCUT2D eigenvalue weighted by Gasteiger charge is -2.47. The van der Waals surface area contributed by atoms with Gasteiger partial charge in [0.2, 0.25) is 11.7 Å². The fraction of sp³-hybridized carbons (Fsp3) is 0.227. The number of carbonyl (C=O) groups excluding carboxylic acids is 1. The Kier molecular flexibility index (Phi) is 5.70. The number of anilines is 1. The number of methoxy groups -OCH3 is 3. The first-order valence-electron chi connectivity index (χ1n) is 9.44. The van der Waals surface area contributed by atoms with Crippen molar-refractivity contribution in [3.8, 4) is 17.2 Å². The van der Waals surface area contributed by atoms with Gasteiger partial charge in [-0.3, -0.25) is 4.79 Å². The van der Waals surface area contributed by atoms with Crippen LogP contribution in [0.1, 0.15) is 22.4 Å². The summed E-state index contributed by atoms with van der Waals surface area (Å²) in [6.07, 6.45) is 0. The molecule has 1 amide bonds. The van der Waals surface area contributed by atoms with Gasteiger partial charge < -0.3 is 19.1 Å². The van der Waals surface area contributed by atoms with E-state index in [1.807, 2.05) is 35.7 Å². The Morgan fingerprint density at radius 2 is 1.77 bits per heavy atom. The summed E-state index contributed by atoms with van der Waals surface area (Å²) in [7, 11) is 4.61. The highest BCUT2D eigenvalue weighted by atomic mass is 32.1. The van der Waals surface area contributed by atoms with Crippen LogP contribution in [-0.4, -0.2) is 27.2 Å². The second kappa shape index (κ2) is 8.59. The number of ether oxygens (including phenoxy) is 3. The molecule has 8 nitrogen and oxygen atoms in total. The van der Waals surface area contributed by atoms with E-state index in [0.29, 0.717) is 28.6 Å². The Balaban J connectivity index is 1.84. The van der Waals surface area contributed by atoms with Crippen LogP contribution in [0.15, 0.2) is 59.0 Å². The van der Waals surface area contributed by atoms with Crippen molar-refractivity contribution in [2.24, 2.45) is 5.11 Å². The van der Waals surface area contributed by atoms with E-state index in [0.717, 1.165) is 10.4 Å². The zero-order valence-electron chi connectivity index (χ0n) is 17.2. The number of nitrogens with zero attached hydrogens (tertiary/aromatic N) is 4. The van der Waals surface area contributed by atoms with Crippen molar-refractivity contribution < 1.29 is 19.0 Å². The number of carbonyl (C=O) groups is 1. The molecule has 4 rings (SSSR count). The minimum absolute atomic E-state index is 0.0316. The van der Waals surface area contributed by atoms with Crippen molar-refractivity contribution in [3.05, 3.63) is 74.8 Å². The molecule has 0 radical (unpaired) electrons. The summed E-state index contributed by atoms with van der Waals surface area (Å²) in [5.41, 5.74) is 10.8. The van der Waals surface area contributed by atoms with E-state index in [2.05, 4.69) is 10.0 Å². The van der Waals surface area contributed by atoms with Crippen molar-refractivity contribution in [2.75, 3.05) is 26.2 Å². The van der Waals surface area contributed by atoms with Gasteiger partial charge >= 0.3 is 0 Å². The zero-order chi connectivity index (χ0) is 22.0. The molecule has 1 aliphatic rings. The van der Waals surface area contributed by atoms with Crippen LogP contribution in [0.2, 0.25) is 0 Å². The predicted octanol–water partition coefficient (Wildman–Crippen LogP) is 5.59. The Hall–Kier alpha value is -3.68. The van der Waals surface area contributed by atoms with Crippen LogP contribution in [0, 0.1) is 0 Å². The summed E-state index contributed by atoms with van der Waals surface area (Å²) in [6.45, 7) is 0. The van der Waals surface area contributed by atoms with Gasteiger partial charge in [0.25, 0.3) is 0 Å². The molecule has 0 spiro atoms. The molecular formula is C22H20N4O4S. The number of azide groups is 1. The van der Waals surface area contributed by atoms with Crippen molar-refractivity contribution in [3.63, 3.8) is 0 Å². The molecule has 2 atom stereocenters. The van der Waals surface area contributed by atoms with Crippen LogP contribution >= 0.6 is 11.3 Å². The van der Waals surface area contributed by atoms with Crippen molar-refractivity contribution >= 4 is 28.6 Å². The van der Waals surface area contributed by atoms with Crippen LogP contribution in [0.25, 0.3) is 10.4 Å². The van der Waals surface area contributed by atoms with Crippen LogP contribution in [-0.2, 0) is 4.79 Å². The fourth-order valence-corrected chi connectivity index (χ4v) is 4.74. The Morgan fingerprint density at radius 3 is 2.35 bits per heavy atom. The van der Waals surface area contributed by atoms with Crippen molar-refractivity contribution in [1.82, 2.24) is 0 Å². The Bertz CT molecular complexity index is 1130. The maximum atomic E-state index is 13.3. The minimum Gasteiger partial charge on any atom is -0.493 e. The van der Waals surface area contributed by atoms with Crippen LogP contribution in [0.3, 0.4) is 0 Å². The highest BCUT2D eigenvalue weighted by molar-refractivity contribution is 7.10. The monoisotopic (exact) mass is 436 g/mol. The van der Waals surface area contributed by atoms with Crippen LogP contribution in [0.5, 0.6) is 17.2 Å². The predicted molar refractivity (Wildman–Crippen MR) is 119 cm³/mol. The minimum atomic E-state index is -0.333. The quantitative estimate of drug-likeness (QED) is 0.209. The fourth-order valence-electron chi connectivity index (χ4n) is 3.89. The van der Waals surface area contributed by atoms with Crippen LogP contribution < -0.4 is 19.1 Å². The molecule has 0 unspecified atom stereocenters. The molecule has 0 saturated carbocycles. The Labute approximate surface area is 183 Å². The molecular weight excluding hydrogens is 416 g/mol. The van der Waals surface area contributed by atoms with Gasteiger partial charge in [-0.1, -0.05) is 29.4 Å². The van der Waals surface area contributed by atoms with Gasteiger partial charge in [0.15, 0.2) is 11.5 Å². The highest BCUT2D eigenvalue weighted by Gasteiger charge is 2.50. The second-order valence-corrected chi connectivity index (χ2v) is 7.79. The lowest BCUT2D eigenvalue weighted by Crippen LogP contribution is -2.53. The first kappa shape index (κ1) is 20.6. The molecule has 2 aromatic carbocycles. The maximum Gasteiger partial charge on any atom is 0.238 e. The highest BCUT2D eigenvalue weighted by Crippen LogP contribution is 2.52. The molecule has 1 aliphatic heterocycles. The number of amides is 1. The van der Waals surface area contributed by atoms with Crippen LogP contribution in [0.4, 0.5) is 11.4 Å². The van der Waals surface area contributed by atoms with Gasteiger partial charge in [0.1, 0.15) is 0 Å². The second-order valence-electron chi connectivity index (χ2n) is 6.81. The zero-order valence-corrected chi connectivity index (χ0v) is 18.0. The third kappa shape index (κ3) is 3.54. The number of rotatable bonds is 7. The summed E-state index contributed by atoms with van der Waals surface area (Å²) in [6, 6.07) is 14.4. The lowest BCUT2D eigenvalue weighted by atomic mass is 9.80. The third-order valence-electron chi connectivity index (χ3n) is 5.25. The summed E-state index contributed by atoms with van der Waals surface area (Å²) in [5.74, 6) is 1.02. The first-order valence-corrected chi connectivity index (χ1v) is 10.3. The number of benzene rings is 2. The lowest BCUT2D eigenvalue weighted by molar-refractivity contribution is -0.126. The summed E-state index contributed by atoms with van der Waals surface area (Å²) >= 11 is 1.54. The van der Waals surface area contributed by atoms with E-state index in [1.165, 1.54) is 21.3 Å². The molecule has 1 fully saturated rings. The van der Waals surface area contributed by atoms with Gasteiger partial charge in [0, 0.05) is 27.6 Å². The molecule has 1 aromatic heterocycles. The largest absolute Gasteiger partial charge is 0.493 e.